The third kappa shape index (κ3) is 4.42. The van der Waals surface area contributed by atoms with Crippen LogP contribution in [0.1, 0.15) is 39.4 Å². The van der Waals surface area contributed by atoms with Gasteiger partial charge in [-0.3, -0.25) is 0 Å². The average molecular weight is 210 g/mol. The van der Waals surface area contributed by atoms with Crippen LogP contribution in [-0.4, -0.2) is 21.3 Å². The number of nitrogens with zero attached hydrogens (tertiary/aromatic N) is 3. The van der Waals surface area contributed by atoms with Gasteiger partial charge < -0.3 is 5.32 Å². The minimum Gasteiger partial charge on any atom is -0.310 e. The van der Waals surface area contributed by atoms with Gasteiger partial charge in [-0.1, -0.05) is 13.8 Å². The fourth-order valence-electron chi connectivity index (χ4n) is 1.52. The molecule has 1 N–H and O–H groups in total. The van der Waals surface area contributed by atoms with Crippen molar-refractivity contribution >= 4 is 0 Å². The van der Waals surface area contributed by atoms with Crippen LogP contribution in [0, 0.1) is 5.92 Å². The second kappa shape index (κ2) is 6.56. The fourth-order valence-corrected chi connectivity index (χ4v) is 1.52. The first-order chi connectivity index (χ1) is 7.24. The number of hydrogen-bond donors (Lipinski definition) is 1. The standard InChI is InChI=1S/C11H22N4/c1-4-15-11(13-9-14-15)8-12-7-5-6-10(2)3/h9-10,12H,4-8H2,1-3H3. The predicted octanol–water partition coefficient (Wildman–Crippen LogP) is 1.82. The molecule has 0 aliphatic heterocycles. The first-order valence-corrected chi connectivity index (χ1v) is 5.81. The Bertz CT molecular complexity index is 267. The summed E-state index contributed by atoms with van der Waals surface area (Å²) in [4.78, 5) is 4.21. The van der Waals surface area contributed by atoms with Gasteiger partial charge in [0.1, 0.15) is 12.2 Å². The minimum absolute atomic E-state index is 0.797. The Balaban J connectivity index is 2.15. The van der Waals surface area contributed by atoms with Crippen LogP contribution in [0.15, 0.2) is 6.33 Å². The highest BCUT2D eigenvalue weighted by Gasteiger charge is 2.01. The second-order valence-corrected chi connectivity index (χ2v) is 4.20. The van der Waals surface area contributed by atoms with E-state index in [1.807, 2.05) is 4.68 Å². The summed E-state index contributed by atoms with van der Waals surface area (Å²) in [5, 5.41) is 7.52. The summed E-state index contributed by atoms with van der Waals surface area (Å²) >= 11 is 0. The van der Waals surface area contributed by atoms with E-state index in [4.69, 9.17) is 0 Å². The molecular formula is C11H22N4. The summed E-state index contributed by atoms with van der Waals surface area (Å²) in [6, 6.07) is 0. The van der Waals surface area contributed by atoms with Gasteiger partial charge in [0.15, 0.2) is 0 Å². The largest absolute Gasteiger partial charge is 0.310 e. The SMILES string of the molecule is CCn1ncnc1CNCCCC(C)C. The van der Waals surface area contributed by atoms with Gasteiger partial charge in [0.25, 0.3) is 0 Å². The lowest BCUT2D eigenvalue weighted by Gasteiger charge is -2.06. The summed E-state index contributed by atoms with van der Waals surface area (Å²) in [6.45, 7) is 9.38. The van der Waals surface area contributed by atoms with E-state index in [0.717, 1.165) is 31.4 Å². The van der Waals surface area contributed by atoms with E-state index in [2.05, 4.69) is 36.2 Å². The van der Waals surface area contributed by atoms with Gasteiger partial charge in [0, 0.05) is 6.54 Å². The van der Waals surface area contributed by atoms with E-state index in [9.17, 15) is 0 Å². The predicted molar refractivity (Wildman–Crippen MR) is 61.5 cm³/mol. The topological polar surface area (TPSA) is 42.7 Å². The van der Waals surface area contributed by atoms with Crippen molar-refractivity contribution in [2.75, 3.05) is 6.54 Å². The van der Waals surface area contributed by atoms with Crippen LogP contribution in [0.25, 0.3) is 0 Å². The summed E-state index contributed by atoms with van der Waals surface area (Å²) in [6.07, 6.45) is 4.14. The van der Waals surface area contributed by atoms with Crippen molar-refractivity contribution in [3.8, 4) is 0 Å². The zero-order valence-corrected chi connectivity index (χ0v) is 10.0. The molecule has 0 aliphatic rings. The minimum atomic E-state index is 0.797. The Hall–Kier alpha value is -0.900. The molecule has 0 fully saturated rings. The zero-order chi connectivity index (χ0) is 11.1. The highest BCUT2D eigenvalue weighted by atomic mass is 15.3. The van der Waals surface area contributed by atoms with E-state index in [1.165, 1.54) is 12.8 Å². The normalized spacial score (nSPS) is 11.2. The number of nitrogens with one attached hydrogen (secondary N) is 1. The molecule has 0 saturated carbocycles. The van der Waals surface area contributed by atoms with E-state index in [1.54, 1.807) is 6.33 Å². The van der Waals surface area contributed by atoms with E-state index in [0.29, 0.717) is 0 Å². The summed E-state index contributed by atoms with van der Waals surface area (Å²) in [5.41, 5.74) is 0. The maximum absolute atomic E-state index is 4.21. The highest BCUT2D eigenvalue weighted by molar-refractivity contribution is 4.83. The lowest BCUT2D eigenvalue weighted by molar-refractivity contribution is 0.512. The molecule has 86 valence electrons. The Morgan fingerprint density at radius 1 is 1.47 bits per heavy atom. The van der Waals surface area contributed by atoms with Crippen molar-refractivity contribution in [3.63, 3.8) is 0 Å². The first kappa shape index (κ1) is 12.2. The van der Waals surface area contributed by atoms with Gasteiger partial charge in [-0.05, 0) is 32.2 Å². The van der Waals surface area contributed by atoms with Gasteiger partial charge in [-0.25, -0.2) is 9.67 Å². The van der Waals surface area contributed by atoms with Crippen LogP contribution >= 0.6 is 0 Å². The molecule has 0 spiro atoms. The maximum atomic E-state index is 4.21. The molecule has 4 heteroatoms. The van der Waals surface area contributed by atoms with E-state index >= 15 is 0 Å². The molecule has 1 heterocycles. The molecule has 0 saturated heterocycles. The van der Waals surface area contributed by atoms with Crippen molar-refractivity contribution in [1.29, 1.82) is 0 Å². The average Bonchev–Trinajstić information content (AvgIpc) is 2.64. The summed E-state index contributed by atoms with van der Waals surface area (Å²) in [7, 11) is 0. The monoisotopic (exact) mass is 210 g/mol. The van der Waals surface area contributed by atoms with Crippen molar-refractivity contribution in [2.45, 2.75) is 46.7 Å². The smallest absolute Gasteiger partial charge is 0.140 e. The number of hydrogen-bond acceptors (Lipinski definition) is 3. The lowest BCUT2D eigenvalue weighted by Crippen LogP contribution is -2.18. The maximum Gasteiger partial charge on any atom is 0.140 e. The van der Waals surface area contributed by atoms with Crippen molar-refractivity contribution in [2.24, 2.45) is 5.92 Å². The van der Waals surface area contributed by atoms with E-state index in [-0.39, 0.29) is 0 Å². The van der Waals surface area contributed by atoms with Gasteiger partial charge in [-0.2, -0.15) is 5.10 Å². The highest BCUT2D eigenvalue weighted by Crippen LogP contribution is 2.02. The van der Waals surface area contributed by atoms with Crippen LogP contribution < -0.4 is 5.32 Å². The Morgan fingerprint density at radius 2 is 2.27 bits per heavy atom. The molecule has 1 aromatic heterocycles. The fraction of sp³-hybridized carbons (Fsp3) is 0.818. The van der Waals surface area contributed by atoms with Gasteiger partial charge in [-0.15, -0.1) is 0 Å². The molecule has 0 radical (unpaired) electrons. The van der Waals surface area contributed by atoms with Crippen molar-refractivity contribution < 1.29 is 0 Å². The molecule has 4 nitrogen and oxygen atoms in total. The molecule has 0 aliphatic carbocycles. The molecule has 0 atom stereocenters. The van der Waals surface area contributed by atoms with Crippen molar-refractivity contribution in [1.82, 2.24) is 20.1 Å². The Kier molecular flexibility index (Phi) is 5.32. The zero-order valence-electron chi connectivity index (χ0n) is 10.0. The van der Waals surface area contributed by atoms with Gasteiger partial charge >= 0.3 is 0 Å². The molecule has 1 rings (SSSR count). The second-order valence-electron chi connectivity index (χ2n) is 4.20. The molecule has 0 amide bonds. The molecule has 0 unspecified atom stereocenters. The van der Waals surface area contributed by atoms with Crippen LogP contribution in [0.3, 0.4) is 0 Å². The van der Waals surface area contributed by atoms with Crippen LogP contribution in [0.5, 0.6) is 0 Å². The van der Waals surface area contributed by atoms with Gasteiger partial charge in [0.2, 0.25) is 0 Å². The molecule has 0 bridgehead atoms. The number of aromatic nitrogens is 3. The Labute approximate surface area is 92.1 Å². The molecule has 0 aromatic carbocycles. The molecule has 1 aromatic rings. The van der Waals surface area contributed by atoms with Crippen LogP contribution in [0.4, 0.5) is 0 Å². The summed E-state index contributed by atoms with van der Waals surface area (Å²) < 4.78 is 1.93. The third-order valence-corrected chi connectivity index (χ3v) is 2.41. The van der Waals surface area contributed by atoms with Crippen LogP contribution in [0.2, 0.25) is 0 Å². The number of aryl methyl sites for hydroxylation is 1. The van der Waals surface area contributed by atoms with Crippen molar-refractivity contribution in [3.05, 3.63) is 12.2 Å². The quantitative estimate of drug-likeness (QED) is 0.698. The third-order valence-electron chi connectivity index (χ3n) is 2.41. The summed E-state index contributed by atoms with van der Waals surface area (Å²) in [5.74, 6) is 1.83. The lowest BCUT2D eigenvalue weighted by atomic mass is 10.1. The van der Waals surface area contributed by atoms with Gasteiger partial charge in [0.05, 0.1) is 6.54 Å². The Morgan fingerprint density at radius 3 is 2.93 bits per heavy atom. The van der Waals surface area contributed by atoms with Crippen LogP contribution in [-0.2, 0) is 13.1 Å². The molecular weight excluding hydrogens is 188 g/mol. The van der Waals surface area contributed by atoms with E-state index < -0.39 is 0 Å². The number of rotatable bonds is 7. The first-order valence-electron chi connectivity index (χ1n) is 5.81. The molecule has 15 heavy (non-hydrogen) atoms.